The fourth-order valence-corrected chi connectivity index (χ4v) is 1.67. The van der Waals surface area contributed by atoms with Crippen LogP contribution >= 0.6 is 11.3 Å². The summed E-state index contributed by atoms with van der Waals surface area (Å²) in [7, 11) is 1.21. The van der Waals surface area contributed by atoms with E-state index in [1.807, 2.05) is 0 Å². The molecule has 1 heterocycles. The lowest BCUT2D eigenvalue weighted by Gasteiger charge is -1.85. The van der Waals surface area contributed by atoms with Gasteiger partial charge in [0.2, 0.25) is 5.91 Å². The monoisotopic (exact) mass is 228 g/mol. The number of hydrogen-bond acceptors (Lipinski definition) is 5. The minimum absolute atomic E-state index is 0.161. The van der Waals surface area contributed by atoms with Crippen LogP contribution in [0.3, 0.4) is 0 Å². The van der Waals surface area contributed by atoms with E-state index in [0.29, 0.717) is 4.66 Å². The van der Waals surface area contributed by atoms with E-state index in [0.717, 1.165) is 23.5 Å². The van der Waals surface area contributed by atoms with Crippen LogP contribution in [0.25, 0.3) is 12.2 Å². The average molecular weight is 228 g/mol. The van der Waals surface area contributed by atoms with Crippen molar-refractivity contribution in [2.75, 3.05) is 7.11 Å². The number of H-pyrrole nitrogens is 1. The van der Waals surface area contributed by atoms with Crippen LogP contribution in [0.2, 0.25) is 0 Å². The number of amides is 1. The number of rotatable bonds is 2. The van der Waals surface area contributed by atoms with E-state index >= 15 is 0 Å². The van der Waals surface area contributed by atoms with E-state index in [-0.39, 0.29) is 4.53 Å². The molecule has 0 aromatic carbocycles. The molecule has 0 bridgehead atoms. The highest BCUT2D eigenvalue weighted by atomic mass is 32.1. The maximum absolute atomic E-state index is 11.2. The van der Waals surface area contributed by atoms with Gasteiger partial charge in [-0.2, -0.15) is 0 Å². The molecule has 0 aliphatic heterocycles. The summed E-state index contributed by atoms with van der Waals surface area (Å²) in [6, 6.07) is 0. The molecule has 1 aromatic heterocycles. The summed E-state index contributed by atoms with van der Waals surface area (Å²) in [4.78, 5) is 34.9. The standard InChI is InChI=1S/C8H8N2O4S/c1-14-7(12)2-4-8(13)10-6(15-4)3-5(9)11/h2-3H,1H3,(H2,9,11)(H,10,13)/b4-2+,6-3?. The fourth-order valence-electron chi connectivity index (χ4n) is 0.820. The lowest BCUT2D eigenvalue weighted by Crippen LogP contribution is -2.21. The topological polar surface area (TPSA) is 102 Å². The largest absolute Gasteiger partial charge is 0.466 e. The number of aromatic nitrogens is 1. The molecule has 7 heteroatoms. The molecule has 0 fully saturated rings. The Bertz CT molecular complexity index is 554. The van der Waals surface area contributed by atoms with Gasteiger partial charge in [0.15, 0.2) is 0 Å². The summed E-state index contributed by atoms with van der Waals surface area (Å²) in [5, 5.41) is 0. The summed E-state index contributed by atoms with van der Waals surface area (Å²) in [6.45, 7) is 0. The van der Waals surface area contributed by atoms with Gasteiger partial charge in [-0.05, 0) is 0 Å². The van der Waals surface area contributed by atoms with E-state index in [1.54, 1.807) is 0 Å². The normalized spacial score (nSPS) is 12.9. The predicted molar refractivity (Wildman–Crippen MR) is 54.3 cm³/mol. The third-order valence-electron chi connectivity index (χ3n) is 1.40. The molecule has 0 saturated heterocycles. The number of hydrogen-bond donors (Lipinski definition) is 2. The Hall–Kier alpha value is -1.89. The zero-order chi connectivity index (χ0) is 11.4. The fraction of sp³-hybridized carbons (Fsp3) is 0.125. The van der Waals surface area contributed by atoms with Gasteiger partial charge in [0.1, 0.15) is 9.20 Å². The smallest absolute Gasteiger partial charge is 0.332 e. The molecule has 1 rings (SSSR count). The zero-order valence-electron chi connectivity index (χ0n) is 7.77. The van der Waals surface area contributed by atoms with E-state index in [2.05, 4.69) is 9.72 Å². The number of ether oxygens (including phenoxy) is 1. The van der Waals surface area contributed by atoms with Crippen LogP contribution in [0.15, 0.2) is 4.79 Å². The van der Waals surface area contributed by atoms with Gasteiger partial charge < -0.3 is 15.5 Å². The Labute approximate surface area is 87.7 Å². The van der Waals surface area contributed by atoms with Crippen LogP contribution in [0.5, 0.6) is 0 Å². The summed E-state index contributed by atoms with van der Waals surface area (Å²) in [6.07, 6.45) is 2.11. The van der Waals surface area contributed by atoms with E-state index in [4.69, 9.17) is 5.73 Å². The molecule has 0 atom stereocenters. The number of aromatic amines is 1. The number of carbonyl (C=O) groups is 2. The molecule has 0 spiro atoms. The Balaban J connectivity index is 3.30. The van der Waals surface area contributed by atoms with Crippen LogP contribution < -0.4 is 20.5 Å². The number of methoxy groups -OCH3 is 1. The van der Waals surface area contributed by atoms with Crippen LogP contribution in [0.1, 0.15) is 0 Å². The molecular weight excluding hydrogens is 220 g/mol. The highest BCUT2D eigenvalue weighted by molar-refractivity contribution is 7.07. The molecule has 3 N–H and O–H groups in total. The van der Waals surface area contributed by atoms with E-state index < -0.39 is 17.4 Å². The van der Waals surface area contributed by atoms with Crippen LogP contribution in [-0.4, -0.2) is 24.0 Å². The molecule has 1 aromatic rings. The maximum atomic E-state index is 11.2. The van der Waals surface area contributed by atoms with Crippen LogP contribution in [0.4, 0.5) is 0 Å². The summed E-state index contributed by atoms with van der Waals surface area (Å²) >= 11 is 0.951. The Morgan fingerprint density at radius 3 is 2.67 bits per heavy atom. The van der Waals surface area contributed by atoms with Crippen LogP contribution in [-0.2, 0) is 14.3 Å². The molecule has 80 valence electrons. The van der Waals surface area contributed by atoms with Crippen molar-refractivity contribution < 1.29 is 14.3 Å². The molecule has 6 nitrogen and oxygen atoms in total. The number of nitrogens with two attached hydrogens (primary N) is 1. The van der Waals surface area contributed by atoms with Gasteiger partial charge in [-0.1, -0.05) is 0 Å². The second-order valence-electron chi connectivity index (χ2n) is 2.50. The molecule has 0 aliphatic carbocycles. The van der Waals surface area contributed by atoms with Gasteiger partial charge in [0, 0.05) is 12.2 Å². The highest BCUT2D eigenvalue weighted by Gasteiger charge is 1.98. The minimum atomic E-state index is -0.669. The first kappa shape index (κ1) is 11.2. The average Bonchev–Trinajstić information content (AvgIpc) is 2.45. The van der Waals surface area contributed by atoms with Crippen molar-refractivity contribution in [3.05, 3.63) is 19.5 Å². The van der Waals surface area contributed by atoms with Gasteiger partial charge in [0.25, 0.3) is 5.56 Å². The first-order valence-electron chi connectivity index (χ1n) is 3.83. The second-order valence-corrected chi connectivity index (χ2v) is 3.58. The SMILES string of the molecule is COC(=O)/C=c1/sc(=CC(N)=O)[nH]c1=O. The van der Waals surface area contributed by atoms with Crippen molar-refractivity contribution >= 4 is 35.4 Å². The molecule has 1 amide bonds. The van der Waals surface area contributed by atoms with E-state index in [1.165, 1.54) is 7.11 Å². The number of nitrogens with one attached hydrogen (secondary N) is 1. The van der Waals surface area contributed by atoms with Crippen molar-refractivity contribution in [2.45, 2.75) is 0 Å². The summed E-state index contributed by atoms with van der Waals surface area (Å²) in [5.74, 6) is -1.30. The first-order valence-corrected chi connectivity index (χ1v) is 4.64. The van der Waals surface area contributed by atoms with Crippen molar-refractivity contribution in [1.82, 2.24) is 4.98 Å². The zero-order valence-corrected chi connectivity index (χ0v) is 8.59. The lowest BCUT2D eigenvalue weighted by atomic mass is 10.5. The molecule has 0 radical (unpaired) electrons. The Morgan fingerprint density at radius 1 is 1.47 bits per heavy atom. The van der Waals surface area contributed by atoms with Gasteiger partial charge >= 0.3 is 5.97 Å². The Morgan fingerprint density at radius 2 is 2.13 bits per heavy atom. The molecule has 0 saturated carbocycles. The summed E-state index contributed by atoms with van der Waals surface area (Å²) in [5.41, 5.74) is 4.44. The van der Waals surface area contributed by atoms with Gasteiger partial charge in [0.05, 0.1) is 7.11 Å². The number of carbonyl (C=O) groups excluding carboxylic acids is 2. The van der Waals surface area contributed by atoms with E-state index in [9.17, 15) is 14.4 Å². The molecule has 0 unspecified atom stereocenters. The molecule has 15 heavy (non-hydrogen) atoms. The first-order chi connectivity index (χ1) is 7.02. The molecular formula is C8H8N2O4S. The highest BCUT2D eigenvalue weighted by Crippen LogP contribution is 1.75. The number of esters is 1. The van der Waals surface area contributed by atoms with Crippen molar-refractivity contribution in [3.63, 3.8) is 0 Å². The van der Waals surface area contributed by atoms with Crippen molar-refractivity contribution in [1.29, 1.82) is 0 Å². The lowest BCUT2D eigenvalue weighted by molar-refractivity contribution is -0.133. The van der Waals surface area contributed by atoms with Gasteiger partial charge in [-0.25, -0.2) is 4.79 Å². The predicted octanol–water partition coefficient (Wildman–Crippen LogP) is -2.34. The van der Waals surface area contributed by atoms with Crippen molar-refractivity contribution in [3.8, 4) is 0 Å². The van der Waals surface area contributed by atoms with Gasteiger partial charge in [-0.15, -0.1) is 11.3 Å². The quantitative estimate of drug-likeness (QED) is 0.553. The molecule has 0 aliphatic rings. The number of primary amides is 1. The number of thiazole rings is 1. The third kappa shape index (κ3) is 3.06. The minimum Gasteiger partial charge on any atom is -0.466 e. The van der Waals surface area contributed by atoms with Crippen LogP contribution in [0, 0.1) is 0 Å². The Kier molecular flexibility index (Phi) is 3.40. The van der Waals surface area contributed by atoms with Gasteiger partial charge in [-0.3, -0.25) is 9.59 Å². The third-order valence-corrected chi connectivity index (χ3v) is 2.37. The summed E-state index contributed by atoms with van der Waals surface area (Å²) < 4.78 is 4.81. The second kappa shape index (κ2) is 4.56. The maximum Gasteiger partial charge on any atom is 0.332 e. The van der Waals surface area contributed by atoms with Crippen molar-refractivity contribution in [2.24, 2.45) is 5.73 Å².